The molecule has 1 fully saturated rings. The molecular formula is C11H10N2O2. The topological polar surface area (TPSA) is 53.1 Å². The Morgan fingerprint density at radius 2 is 2.47 bits per heavy atom. The van der Waals surface area contributed by atoms with Crippen molar-refractivity contribution in [1.82, 2.24) is 0 Å². The van der Waals surface area contributed by atoms with Crippen molar-refractivity contribution in [3.8, 4) is 6.07 Å². The van der Waals surface area contributed by atoms with Crippen LogP contribution in [0.4, 0.5) is 5.69 Å². The van der Waals surface area contributed by atoms with Crippen molar-refractivity contribution in [2.45, 2.75) is 6.04 Å². The summed E-state index contributed by atoms with van der Waals surface area (Å²) < 4.78 is 4.64. The molecule has 0 saturated carbocycles. The molecule has 0 spiro atoms. The minimum atomic E-state index is -0.225. The maximum Gasteiger partial charge on any atom is 0.330 e. The molecule has 15 heavy (non-hydrogen) atoms. The lowest BCUT2D eigenvalue weighted by Gasteiger charge is -2.04. The highest BCUT2D eigenvalue weighted by atomic mass is 16.5. The van der Waals surface area contributed by atoms with E-state index in [0.717, 1.165) is 5.69 Å². The van der Waals surface area contributed by atoms with Crippen LogP contribution in [-0.2, 0) is 9.53 Å². The number of benzene rings is 1. The number of nitrogens with zero attached hydrogens (tertiary/aromatic N) is 2. The van der Waals surface area contributed by atoms with Crippen LogP contribution >= 0.6 is 0 Å². The van der Waals surface area contributed by atoms with Gasteiger partial charge in [0.15, 0.2) is 0 Å². The van der Waals surface area contributed by atoms with Gasteiger partial charge in [-0.3, -0.25) is 0 Å². The summed E-state index contributed by atoms with van der Waals surface area (Å²) in [6.07, 6.45) is 0. The van der Waals surface area contributed by atoms with Crippen molar-refractivity contribution in [3.05, 3.63) is 29.8 Å². The Kier molecular flexibility index (Phi) is 2.30. The fraction of sp³-hybridized carbons (Fsp3) is 0.273. The molecule has 1 aliphatic rings. The molecule has 76 valence electrons. The monoisotopic (exact) mass is 202 g/mol. The summed E-state index contributed by atoms with van der Waals surface area (Å²) in [6, 6.07) is 9.08. The lowest BCUT2D eigenvalue weighted by molar-refractivity contribution is -0.139. The third-order valence-electron chi connectivity index (χ3n) is 2.39. The maximum atomic E-state index is 11.2. The molecule has 1 unspecified atom stereocenters. The van der Waals surface area contributed by atoms with E-state index >= 15 is 0 Å². The van der Waals surface area contributed by atoms with E-state index in [9.17, 15) is 4.79 Å². The quantitative estimate of drug-likeness (QED) is 0.528. The SMILES string of the molecule is COC(=O)C1CN1c1cccc(C#N)c1. The molecule has 1 aromatic rings. The van der Waals surface area contributed by atoms with Gasteiger partial charge in [-0.15, -0.1) is 0 Å². The summed E-state index contributed by atoms with van der Waals surface area (Å²) >= 11 is 0. The van der Waals surface area contributed by atoms with Crippen molar-refractivity contribution in [2.75, 3.05) is 18.6 Å². The molecule has 0 aliphatic carbocycles. The molecule has 1 aliphatic heterocycles. The third kappa shape index (κ3) is 1.77. The van der Waals surface area contributed by atoms with E-state index in [4.69, 9.17) is 5.26 Å². The average Bonchev–Trinajstić information content (AvgIpc) is 3.08. The van der Waals surface area contributed by atoms with Crippen molar-refractivity contribution >= 4 is 11.7 Å². The Morgan fingerprint density at radius 1 is 1.67 bits per heavy atom. The lowest BCUT2D eigenvalue weighted by atomic mass is 10.2. The number of carbonyl (C=O) groups excluding carboxylic acids is 1. The molecule has 0 bridgehead atoms. The van der Waals surface area contributed by atoms with Crippen molar-refractivity contribution in [2.24, 2.45) is 0 Å². The predicted octanol–water partition coefficient (Wildman–Crippen LogP) is 0.920. The number of carbonyl (C=O) groups is 1. The first-order valence-corrected chi connectivity index (χ1v) is 4.61. The summed E-state index contributed by atoms with van der Waals surface area (Å²) in [5.74, 6) is -0.225. The zero-order valence-corrected chi connectivity index (χ0v) is 8.30. The molecule has 2 rings (SSSR count). The fourth-order valence-electron chi connectivity index (χ4n) is 1.52. The van der Waals surface area contributed by atoms with E-state index in [2.05, 4.69) is 10.8 Å². The van der Waals surface area contributed by atoms with E-state index in [-0.39, 0.29) is 12.0 Å². The summed E-state index contributed by atoms with van der Waals surface area (Å²) in [4.78, 5) is 13.1. The highest BCUT2D eigenvalue weighted by molar-refractivity contribution is 5.86. The summed E-state index contributed by atoms with van der Waals surface area (Å²) in [7, 11) is 1.38. The van der Waals surface area contributed by atoms with Crippen LogP contribution in [0.25, 0.3) is 0 Å². The van der Waals surface area contributed by atoms with Crippen LogP contribution in [0.2, 0.25) is 0 Å². The Balaban J connectivity index is 2.13. The second-order valence-electron chi connectivity index (χ2n) is 3.35. The molecule has 1 heterocycles. The van der Waals surface area contributed by atoms with Gasteiger partial charge in [-0.05, 0) is 18.2 Å². The van der Waals surface area contributed by atoms with Crippen LogP contribution in [0.1, 0.15) is 5.56 Å². The van der Waals surface area contributed by atoms with Gasteiger partial charge in [0.25, 0.3) is 0 Å². The molecule has 4 heteroatoms. The first-order chi connectivity index (χ1) is 7.26. The van der Waals surface area contributed by atoms with Gasteiger partial charge in [-0.2, -0.15) is 5.26 Å². The summed E-state index contributed by atoms with van der Waals surface area (Å²) in [5.41, 5.74) is 1.49. The fourth-order valence-corrected chi connectivity index (χ4v) is 1.52. The van der Waals surface area contributed by atoms with Crippen LogP contribution in [0.3, 0.4) is 0 Å². The lowest BCUT2D eigenvalue weighted by Crippen LogP contribution is -2.13. The van der Waals surface area contributed by atoms with Gasteiger partial charge in [-0.25, -0.2) is 4.79 Å². The van der Waals surface area contributed by atoms with Crippen LogP contribution in [0, 0.1) is 11.3 Å². The van der Waals surface area contributed by atoms with Crippen molar-refractivity contribution in [1.29, 1.82) is 5.26 Å². The van der Waals surface area contributed by atoms with E-state index in [1.165, 1.54) is 7.11 Å². The zero-order chi connectivity index (χ0) is 10.8. The van der Waals surface area contributed by atoms with E-state index in [1.807, 2.05) is 11.0 Å². The van der Waals surface area contributed by atoms with Gasteiger partial charge in [0.1, 0.15) is 6.04 Å². The van der Waals surface area contributed by atoms with Crippen molar-refractivity contribution in [3.63, 3.8) is 0 Å². The molecule has 1 saturated heterocycles. The number of esters is 1. The van der Waals surface area contributed by atoms with Gasteiger partial charge < -0.3 is 9.64 Å². The number of hydrogen-bond acceptors (Lipinski definition) is 4. The maximum absolute atomic E-state index is 11.2. The standard InChI is InChI=1S/C11H10N2O2/c1-15-11(14)10-7-13(10)9-4-2-3-8(5-9)6-12/h2-5,10H,7H2,1H3. The Bertz CT molecular complexity index is 436. The van der Waals surface area contributed by atoms with Gasteiger partial charge in [0.05, 0.1) is 25.3 Å². The number of nitriles is 1. The highest BCUT2D eigenvalue weighted by Crippen LogP contribution is 2.28. The van der Waals surface area contributed by atoms with E-state index < -0.39 is 0 Å². The number of hydrogen-bond donors (Lipinski definition) is 0. The zero-order valence-electron chi connectivity index (χ0n) is 8.30. The first kappa shape index (κ1) is 9.53. The predicted molar refractivity (Wildman–Crippen MR) is 54.3 cm³/mol. The minimum absolute atomic E-state index is 0.177. The number of ether oxygens (including phenoxy) is 1. The van der Waals surface area contributed by atoms with Gasteiger partial charge >= 0.3 is 5.97 Å². The van der Waals surface area contributed by atoms with Crippen LogP contribution < -0.4 is 4.90 Å². The molecular weight excluding hydrogens is 192 g/mol. The number of rotatable bonds is 2. The van der Waals surface area contributed by atoms with Gasteiger partial charge in [0.2, 0.25) is 0 Å². The average molecular weight is 202 g/mol. The van der Waals surface area contributed by atoms with Crippen molar-refractivity contribution < 1.29 is 9.53 Å². The first-order valence-electron chi connectivity index (χ1n) is 4.61. The van der Waals surface area contributed by atoms with Crippen LogP contribution in [0.5, 0.6) is 0 Å². The Hall–Kier alpha value is -2.02. The molecule has 0 amide bonds. The normalized spacial score (nSPS) is 18.1. The second-order valence-corrected chi connectivity index (χ2v) is 3.35. The highest BCUT2D eigenvalue weighted by Gasteiger charge is 2.41. The number of anilines is 1. The molecule has 0 N–H and O–H groups in total. The molecule has 1 aromatic carbocycles. The molecule has 1 atom stereocenters. The molecule has 4 nitrogen and oxygen atoms in total. The molecule has 0 aromatic heterocycles. The summed E-state index contributed by atoms with van der Waals surface area (Å²) in [5, 5.41) is 8.73. The molecule has 0 radical (unpaired) electrons. The number of methoxy groups -OCH3 is 1. The van der Waals surface area contributed by atoms with E-state index in [1.54, 1.807) is 18.2 Å². The van der Waals surface area contributed by atoms with Crippen LogP contribution in [-0.4, -0.2) is 25.7 Å². The van der Waals surface area contributed by atoms with E-state index in [0.29, 0.717) is 12.1 Å². The Morgan fingerprint density at radius 3 is 3.13 bits per heavy atom. The summed E-state index contributed by atoms with van der Waals surface area (Å²) in [6.45, 7) is 0.668. The van der Waals surface area contributed by atoms with Crippen LogP contribution in [0.15, 0.2) is 24.3 Å². The smallest absolute Gasteiger partial charge is 0.330 e. The minimum Gasteiger partial charge on any atom is -0.467 e. The second kappa shape index (κ2) is 3.62. The van der Waals surface area contributed by atoms with Gasteiger partial charge in [-0.1, -0.05) is 6.07 Å². The van der Waals surface area contributed by atoms with Gasteiger partial charge in [0, 0.05) is 5.69 Å². The Labute approximate surface area is 87.7 Å². The third-order valence-corrected chi connectivity index (χ3v) is 2.39. The largest absolute Gasteiger partial charge is 0.467 e.